The van der Waals surface area contributed by atoms with Gasteiger partial charge < -0.3 is 5.32 Å². The maximum atomic E-state index is 14.8. The van der Waals surface area contributed by atoms with Crippen LogP contribution in [-0.4, -0.2) is 5.71 Å². The van der Waals surface area contributed by atoms with E-state index in [1.54, 1.807) is 6.07 Å². The van der Waals surface area contributed by atoms with Gasteiger partial charge in [-0.3, -0.25) is 5.41 Å². The number of allylic oxidation sites excluding steroid dienone is 5. The van der Waals surface area contributed by atoms with Crippen molar-refractivity contribution in [2.75, 3.05) is 0 Å². The van der Waals surface area contributed by atoms with Crippen LogP contribution in [0.1, 0.15) is 46.7 Å². The lowest BCUT2D eigenvalue weighted by Crippen LogP contribution is -2.21. The van der Waals surface area contributed by atoms with Gasteiger partial charge in [0.15, 0.2) is 0 Å². The number of nitrogens with one attached hydrogen (secondary N) is 2. The first-order chi connectivity index (χ1) is 22.0. The van der Waals surface area contributed by atoms with Crippen LogP contribution in [0, 0.1) is 11.2 Å². The van der Waals surface area contributed by atoms with Crippen LogP contribution in [0.4, 0.5) is 4.39 Å². The molecule has 0 amide bonds. The highest BCUT2D eigenvalue weighted by Crippen LogP contribution is 2.38. The maximum Gasteiger partial charge on any atom is 0.123 e. The van der Waals surface area contributed by atoms with Gasteiger partial charge in [-0.2, -0.15) is 0 Å². The van der Waals surface area contributed by atoms with E-state index in [1.807, 2.05) is 54.6 Å². The lowest BCUT2D eigenvalue weighted by Gasteiger charge is -2.28. The lowest BCUT2D eigenvalue weighted by molar-refractivity contribution is 0.600. The van der Waals surface area contributed by atoms with Crippen LogP contribution < -0.4 is 5.32 Å². The highest BCUT2D eigenvalue weighted by molar-refractivity contribution is 6.36. The molecule has 2 aliphatic rings. The molecule has 2 nitrogen and oxygen atoms in total. The first-order valence-electron chi connectivity index (χ1n) is 15.3. The average molecular weight is 585 g/mol. The predicted octanol–water partition coefficient (Wildman–Crippen LogP) is 10.3. The summed E-state index contributed by atoms with van der Waals surface area (Å²) in [6.45, 7) is 2.25. The van der Waals surface area contributed by atoms with E-state index in [-0.39, 0.29) is 11.2 Å². The molecule has 2 N–H and O–H groups in total. The van der Waals surface area contributed by atoms with Gasteiger partial charge in [-0.15, -0.1) is 0 Å². The first-order valence-corrected chi connectivity index (χ1v) is 15.3. The third-order valence-corrected chi connectivity index (χ3v) is 8.80. The second-order valence-corrected chi connectivity index (χ2v) is 11.8. The number of rotatable bonds is 6. The molecule has 0 spiro atoms. The van der Waals surface area contributed by atoms with Crippen LogP contribution in [-0.2, 0) is 5.41 Å². The number of benzene rings is 5. The summed E-state index contributed by atoms with van der Waals surface area (Å²) in [6, 6.07) is 41.9. The zero-order valence-electron chi connectivity index (χ0n) is 25.1. The Bertz CT molecular complexity index is 2000. The minimum atomic E-state index is -0.317. The zero-order valence-corrected chi connectivity index (χ0v) is 25.1. The highest BCUT2D eigenvalue weighted by Gasteiger charge is 2.26. The van der Waals surface area contributed by atoms with Crippen LogP contribution in [0.5, 0.6) is 0 Å². The van der Waals surface area contributed by atoms with Gasteiger partial charge in [0.1, 0.15) is 5.82 Å². The molecule has 0 saturated carbocycles. The van der Waals surface area contributed by atoms with Gasteiger partial charge in [-0.25, -0.2) is 4.39 Å². The van der Waals surface area contributed by atoms with E-state index in [1.165, 1.54) is 11.6 Å². The molecule has 1 unspecified atom stereocenters. The molecule has 1 aliphatic carbocycles. The van der Waals surface area contributed by atoms with E-state index in [0.717, 1.165) is 51.1 Å². The molecule has 5 aromatic rings. The summed E-state index contributed by atoms with van der Waals surface area (Å²) in [5, 5.41) is 13.3. The van der Waals surface area contributed by atoms with Crippen molar-refractivity contribution in [2.24, 2.45) is 0 Å². The van der Waals surface area contributed by atoms with Gasteiger partial charge in [0.25, 0.3) is 0 Å². The van der Waals surface area contributed by atoms with Crippen molar-refractivity contribution < 1.29 is 4.39 Å². The Morgan fingerprint density at radius 2 is 1.36 bits per heavy atom. The molecule has 0 radical (unpaired) electrons. The highest BCUT2D eigenvalue weighted by atomic mass is 19.1. The number of hydrogen-bond acceptors (Lipinski definition) is 2. The molecule has 3 heteroatoms. The minimum absolute atomic E-state index is 0.0939. The second-order valence-electron chi connectivity index (χ2n) is 11.8. The average Bonchev–Trinajstić information content (AvgIpc) is 3.10. The van der Waals surface area contributed by atoms with Crippen molar-refractivity contribution in [3.05, 3.63) is 191 Å². The van der Waals surface area contributed by atoms with E-state index < -0.39 is 0 Å². The van der Waals surface area contributed by atoms with Gasteiger partial charge >= 0.3 is 0 Å². The Hall–Kier alpha value is -5.54. The molecule has 45 heavy (non-hydrogen) atoms. The summed E-state index contributed by atoms with van der Waals surface area (Å²) in [7, 11) is 0. The second kappa shape index (κ2) is 11.9. The normalized spacial score (nSPS) is 18.0. The van der Waals surface area contributed by atoms with E-state index in [9.17, 15) is 9.80 Å². The maximum absolute atomic E-state index is 14.8. The smallest absolute Gasteiger partial charge is 0.123 e. The fraction of sp³-hybridized carbons (Fsp3) is 0.0714. The van der Waals surface area contributed by atoms with Crippen LogP contribution in [0.15, 0.2) is 152 Å². The standard InChI is InChI=1S/C42H33FN2/c1-42(25-9-4-10-26-42)35-22-19-32(20-23-35)39(40(44)33-17-15-30(16-18-33)29-11-5-2-6-12-29)41-37-28-36(43)24-21-34(37)27-38(45-41)31-13-7-3-8-14-31/h2-25,27-28,44-45H,26H2,1H3/b41-39-,44-40?. The molecule has 1 aliphatic heterocycles. The van der Waals surface area contributed by atoms with E-state index in [4.69, 9.17) is 0 Å². The molecule has 7 rings (SSSR count). The van der Waals surface area contributed by atoms with Crippen molar-refractivity contribution in [1.82, 2.24) is 5.32 Å². The molecular formula is C42H33FN2. The van der Waals surface area contributed by atoms with Crippen molar-refractivity contribution in [3.63, 3.8) is 0 Å². The summed E-state index contributed by atoms with van der Waals surface area (Å²) in [5.41, 5.74) is 10.3. The Balaban J connectivity index is 1.39. The van der Waals surface area contributed by atoms with Gasteiger partial charge in [0.2, 0.25) is 0 Å². The number of hydrogen-bond donors (Lipinski definition) is 2. The number of halogens is 1. The molecule has 0 aromatic heterocycles. The zero-order chi connectivity index (χ0) is 30.8. The topological polar surface area (TPSA) is 35.9 Å². The minimum Gasteiger partial charge on any atom is -0.354 e. The van der Waals surface area contributed by atoms with Gasteiger partial charge in [0, 0.05) is 27.8 Å². The van der Waals surface area contributed by atoms with Crippen molar-refractivity contribution in [2.45, 2.75) is 18.8 Å². The van der Waals surface area contributed by atoms with Gasteiger partial charge in [-0.05, 0) is 58.0 Å². The quantitative estimate of drug-likeness (QED) is 0.191. The molecule has 0 fully saturated rings. The van der Waals surface area contributed by atoms with Gasteiger partial charge in [0.05, 0.1) is 11.4 Å². The molecule has 0 saturated heterocycles. The molecule has 1 atom stereocenters. The van der Waals surface area contributed by atoms with Crippen LogP contribution >= 0.6 is 0 Å². The third-order valence-electron chi connectivity index (χ3n) is 8.80. The SMILES string of the molecule is CC1(c2ccc(/C(C(=N)c3ccc(-c4ccccc4)cc3)=C3/NC(c4ccccc4)=Cc4ccc(F)cc43)cc2)C=CC=CC1. The Morgan fingerprint density at radius 1 is 0.711 bits per heavy atom. The summed E-state index contributed by atoms with van der Waals surface area (Å²) in [4.78, 5) is 0. The molecule has 218 valence electrons. The monoisotopic (exact) mass is 584 g/mol. The van der Waals surface area contributed by atoms with E-state index >= 15 is 0 Å². The largest absolute Gasteiger partial charge is 0.354 e. The molecule has 0 bridgehead atoms. The van der Waals surface area contributed by atoms with E-state index in [2.05, 4.69) is 103 Å². The summed E-state index contributed by atoms with van der Waals surface area (Å²) in [6.07, 6.45) is 11.6. The third kappa shape index (κ3) is 5.61. The van der Waals surface area contributed by atoms with Crippen molar-refractivity contribution in [3.8, 4) is 11.1 Å². The van der Waals surface area contributed by atoms with Crippen molar-refractivity contribution >= 4 is 28.8 Å². The van der Waals surface area contributed by atoms with Gasteiger partial charge in [-0.1, -0.05) is 146 Å². The summed E-state index contributed by atoms with van der Waals surface area (Å²) < 4.78 is 14.8. The summed E-state index contributed by atoms with van der Waals surface area (Å²) in [5.74, 6) is -0.317. The first kappa shape index (κ1) is 28.2. The lowest BCUT2D eigenvalue weighted by atomic mass is 9.77. The number of fused-ring (bicyclic) bond motifs is 1. The Labute approximate surface area is 264 Å². The molecule has 5 aromatic carbocycles. The van der Waals surface area contributed by atoms with Crippen molar-refractivity contribution in [1.29, 1.82) is 5.41 Å². The predicted molar refractivity (Wildman–Crippen MR) is 186 cm³/mol. The van der Waals surface area contributed by atoms with Crippen LogP contribution in [0.25, 0.3) is 34.2 Å². The summed E-state index contributed by atoms with van der Waals surface area (Å²) >= 11 is 0. The van der Waals surface area contributed by atoms with E-state index in [0.29, 0.717) is 17.0 Å². The Morgan fingerprint density at radius 3 is 2.02 bits per heavy atom. The van der Waals surface area contributed by atoms with Crippen LogP contribution in [0.2, 0.25) is 0 Å². The van der Waals surface area contributed by atoms with Crippen LogP contribution in [0.3, 0.4) is 0 Å². The fourth-order valence-electron chi connectivity index (χ4n) is 6.21. The molecular weight excluding hydrogens is 551 g/mol. The molecule has 1 heterocycles. The fourth-order valence-corrected chi connectivity index (χ4v) is 6.21. The Kier molecular flexibility index (Phi) is 7.44.